The first-order valence-electron chi connectivity index (χ1n) is 12.4. The number of rotatable bonds is 14. The molecule has 1 aliphatic heterocycles. The van der Waals surface area contributed by atoms with Crippen LogP contribution in [0.2, 0.25) is 0 Å². The minimum Gasteiger partial charge on any atom is -0.351 e. The van der Waals surface area contributed by atoms with Crippen LogP contribution in [0.15, 0.2) is 18.2 Å². The van der Waals surface area contributed by atoms with Gasteiger partial charge in [0, 0.05) is 13.2 Å². The zero-order chi connectivity index (χ0) is 22.3. The molecule has 1 aliphatic rings. The van der Waals surface area contributed by atoms with Gasteiger partial charge in [-0.1, -0.05) is 70.6 Å². The van der Waals surface area contributed by atoms with Gasteiger partial charge in [-0.3, -0.25) is 4.79 Å². The summed E-state index contributed by atoms with van der Waals surface area (Å²) in [5, 5.41) is 0. The number of benzene rings is 1. The quantitative estimate of drug-likeness (QED) is 0.234. The van der Waals surface area contributed by atoms with Gasteiger partial charge in [0.1, 0.15) is 5.88 Å². The van der Waals surface area contributed by atoms with Crippen LogP contribution in [0.25, 0.3) is 0 Å². The van der Waals surface area contributed by atoms with Gasteiger partial charge in [-0.05, 0) is 49.7 Å². The highest BCUT2D eigenvalue weighted by Gasteiger charge is 2.26. The monoisotopic (exact) mass is 451 g/mol. The molecule has 0 radical (unpaired) electrons. The first kappa shape index (κ1) is 26.2. The van der Waals surface area contributed by atoms with Crippen molar-refractivity contribution in [1.82, 2.24) is 0 Å². The molecule has 4 nitrogen and oxygen atoms in total. The first-order valence-corrected chi connectivity index (χ1v) is 12.9. The molecule has 2 rings (SSSR count). The lowest BCUT2D eigenvalue weighted by Gasteiger charge is -2.30. The highest BCUT2D eigenvalue weighted by atomic mass is 35.5. The van der Waals surface area contributed by atoms with Crippen LogP contribution < -0.4 is 4.90 Å². The van der Waals surface area contributed by atoms with Crippen LogP contribution in [0.3, 0.4) is 0 Å². The molecule has 1 saturated heterocycles. The Bertz CT molecular complexity index is 599. The smallest absolute Gasteiger partial charge is 0.242 e. The van der Waals surface area contributed by atoms with Crippen molar-refractivity contribution < 1.29 is 14.3 Å². The number of hydrogen-bond acceptors (Lipinski definition) is 3. The number of carbonyl (C=O) groups is 1. The topological polar surface area (TPSA) is 38.8 Å². The summed E-state index contributed by atoms with van der Waals surface area (Å²) in [4.78, 5) is 14.9. The maximum atomic E-state index is 13.0. The molecule has 31 heavy (non-hydrogen) atoms. The molecular weight excluding hydrogens is 410 g/mol. The van der Waals surface area contributed by atoms with Crippen molar-refractivity contribution in [2.75, 3.05) is 30.5 Å². The molecule has 0 aromatic heterocycles. The first-order chi connectivity index (χ1) is 15.2. The molecule has 1 amide bonds. The van der Waals surface area contributed by atoms with Crippen LogP contribution in [-0.4, -0.2) is 37.8 Å². The van der Waals surface area contributed by atoms with Crippen molar-refractivity contribution in [2.24, 2.45) is 0 Å². The second kappa shape index (κ2) is 15.7. The fraction of sp³-hybridized carbons (Fsp3) is 0.731. The van der Waals surface area contributed by atoms with Crippen LogP contribution >= 0.6 is 11.6 Å². The summed E-state index contributed by atoms with van der Waals surface area (Å²) in [5.74, 6) is -0.111. The molecule has 1 aromatic carbocycles. The Morgan fingerprint density at radius 1 is 0.935 bits per heavy atom. The zero-order valence-corrected chi connectivity index (χ0v) is 20.4. The van der Waals surface area contributed by atoms with Crippen LogP contribution in [0.4, 0.5) is 5.69 Å². The van der Waals surface area contributed by atoms with Gasteiger partial charge in [-0.2, -0.15) is 0 Å². The molecule has 0 spiro atoms. The Balaban J connectivity index is 2.29. The lowest BCUT2D eigenvalue weighted by Crippen LogP contribution is -2.41. The third-order valence-corrected chi connectivity index (χ3v) is 6.19. The van der Waals surface area contributed by atoms with E-state index in [0.717, 1.165) is 44.2 Å². The van der Waals surface area contributed by atoms with E-state index in [9.17, 15) is 4.79 Å². The molecule has 5 heteroatoms. The van der Waals surface area contributed by atoms with Gasteiger partial charge in [-0.25, -0.2) is 0 Å². The van der Waals surface area contributed by atoms with Gasteiger partial charge in [0.15, 0.2) is 6.29 Å². The number of nitrogens with zero attached hydrogens (tertiary/aromatic N) is 1. The predicted molar refractivity (Wildman–Crippen MR) is 130 cm³/mol. The molecule has 0 unspecified atom stereocenters. The van der Waals surface area contributed by atoms with Crippen LogP contribution in [0, 0.1) is 0 Å². The molecular formula is C26H42ClNO3. The normalized spacial score (nSPS) is 15.1. The number of alkyl halides is 1. The van der Waals surface area contributed by atoms with Gasteiger partial charge >= 0.3 is 0 Å². The van der Waals surface area contributed by atoms with E-state index in [1.807, 2.05) is 4.90 Å². The van der Waals surface area contributed by atoms with Gasteiger partial charge in [0.2, 0.25) is 5.91 Å². The summed E-state index contributed by atoms with van der Waals surface area (Å²) in [6.07, 6.45) is 13.2. The van der Waals surface area contributed by atoms with E-state index in [0.29, 0.717) is 19.8 Å². The Labute approximate surface area is 194 Å². The minimum atomic E-state index is -0.393. The number of halogens is 1. The molecule has 0 aliphatic carbocycles. The number of hydrogen-bond donors (Lipinski definition) is 0. The number of ether oxygens (including phenoxy) is 2. The molecule has 0 saturated carbocycles. The van der Waals surface area contributed by atoms with Gasteiger partial charge in [0.05, 0.1) is 12.2 Å². The number of anilines is 1. The second-order valence-corrected chi connectivity index (χ2v) is 8.83. The molecule has 176 valence electrons. The molecule has 0 bridgehead atoms. The molecule has 1 heterocycles. The average Bonchev–Trinajstić information content (AvgIpc) is 3.06. The van der Waals surface area contributed by atoms with Crippen molar-refractivity contribution in [1.29, 1.82) is 0 Å². The molecule has 1 aromatic rings. The Morgan fingerprint density at radius 2 is 1.48 bits per heavy atom. The third kappa shape index (κ3) is 9.11. The summed E-state index contributed by atoms with van der Waals surface area (Å²) in [5.41, 5.74) is 3.55. The number of aryl methyl sites for hydroxylation is 2. The lowest BCUT2D eigenvalue weighted by molar-refractivity contribution is -0.128. The number of amides is 1. The SMILES string of the molecule is CCCCCCc1cccc(CCCCCC)c1N(CC1OCCCCO1)C(=O)CCl. The summed E-state index contributed by atoms with van der Waals surface area (Å²) in [6, 6.07) is 6.51. The van der Waals surface area contributed by atoms with E-state index < -0.39 is 6.29 Å². The largest absolute Gasteiger partial charge is 0.351 e. The van der Waals surface area contributed by atoms with Crippen molar-refractivity contribution >= 4 is 23.2 Å². The maximum absolute atomic E-state index is 13.0. The fourth-order valence-corrected chi connectivity index (χ4v) is 4.35. The predicted octanol–water partition coefficient (Wildman–Crippen LogP) is 6.66. The van der Waals surface area contributed by atoms with Crippen LogP contribution in [-0.2, 0) is 27.1 Å². The van der Waals surface area contributed by atoms with Crippen LogP contribution in [0.5, 0.6) is 0 Å². The number of carbonyl (C=O) groups excluding carboxylic acids is 1. The highest BCUT2D eigenvalue weighted by molar-refractivity contribution is 6.29. The van der Waals surface area contributed by atoms with Crippen molar-refractivity contribution in [2.45, 2.75) is 97.2 Å². The van der Waals surface area contributed by atoms with E-state index in [1.165, 1.54) is 49.7 Å². The van der Waals surface area contributed by atoms with E-state index in [2.05, 4.69) is 32.0 Å². The Kier molecular flexibility index (Phi) is 13.2. The van der Waals surface area contributed by atoms with E-state index >= 15 is 0 Å². The summed E-state index contributed by atoms with van der Waals surface area (Å²) >= 11 is 6.07. The maximum Gasteiger partial charge on any atom is 0.242 e. The van der Waals surface area contributed by atoms with E-state index in [-0.39, 0.29) is 11.8 Å². The molecule has 0 atom stereocenters. The Morgan fingerprint density at radius 3 is 1.97 bits per heavy atom. The molecule has 1 fully saturated rings. The van der Waals surface area contributed by atoms with Gasteiger partial charge < -0.3 is 14.4 Å². The summed E-state index contributed by atoms with van der Waals surface area (Å²) in [6.45, 7) is 6.22. The summed E-state index contributed by atoms with van der Waals surface area (Å²) in [7, 11) is 0. The third-order valence-electron chi connectivity index (χ3n) is 5.97. The van der Waals surface area contributed by atoms with Gasteiger partial charge in [-0.15, -0.1) is 11.6 Å². The standard InChI is InChI=1S/C26H42ClNO3/c1-3-5-7-9-14-22-16-13-17-23(15-10-8-6-4-2)26(22)28(24(29)20-27)21-25-30-18-11-12-19-31-25/h13,16-17,25H,3-12,14-15,18-21H2,1-2H3. The van der Waals surface area contributed by atoms with E-state index in [1.54, 1.807) is 0 Å². The summed E-state index contributed by atoms with van der Waals surface area (Å²) < 4.78 is 11.8. The second-order valence-electron chi connectivity index (χ2n) is 8.56. The van der Waals surface area contributed by atoms with Crippen molar-refractivity contribution in [3.63, 3.8) is 0 Å². The average molecular weight is 452 g/mol. The fourth-order valence-electron chi connectivity index (χ4n) is 4.21. The number of para-hydroxylation sites is 1. The zero-order valence-electron chi connectivity index (χ0n) is 19.7. The highest BCUT2D eigenvalue weighted by Crippen LogP contribution is 2.30. The lowest BCUT2D eigenvalue weighted by atomic mass is 9.96. The van der Waals surface area contributed by atoms with Crippen molar-refractivity contribution in [3.8, 4) is 0 Å². The Hall–Kier alpha value is -1.10. The van der Waals surface area contributed by atoms with Crippen LogP contribution in [0.1, 0.15) is 89.2 Å². The van der Waals surface area contributed by atoms with Gasteiger partial charge in [0.25, 0.3) is 0 Å². The van der Waals surface area contributed by atoms with E-state index in [4.69, 9.17) is 21.1 Å². The van der Waals surface area contributed by atoms with Crippen molar-refractivity contribution in [3.05, 3.63) is 29.3 Å². The molecule has 0 N–H and O–H groups in total. The minimum absolute atomic E-state index is 0.0356. The number of unbranched alkanes of at least 4 members (excludes halogenated alkanes) is 6.